The van der Waals surface area contributed by atoms with E-state index in [1.54, 1.807) is 0 Å². The minimum Gasteiger partial charge on any atom is -0.481 e. The fraction of sp³-hybridized carbons (Fsp3) is 0.857. The van der Waals surface area contributed by atoms with Crippen molar-refractivity contribution in [2.45, 2.75) is 76.8 Å². The Bertz CT molecular complexity index is 286. The van der Waals surface area contributed by atoms with Crippen LogP contribution >= 0.6 is 0 Å². The highest BCUT2D eigenvalue weighted by molar-refractivity contribution is 5.76. The summed E-state index contributed by atoms with van der Waals surface area (Å²) in [5.41, 5.74) is 0. The molecule has 0 bridgehead atoms. The number of aliphatic carboxylic acids is 1. The lowest BCUT2D eigenvalue weighted by Crippen LogP contribution is -2.46. The summed E-state index contributed by atoms with van der Waals surface area (Å²) in [4.78, 5) is 22.6. The van der Waals surface area contributed by atoms with Crippen molar-refractivity contribution in [1.82, 2.24) is 10.6 Å². The lowest BCUT2D eigenvalue weighted by molar-refractivity contribution is -0.137. The average Bonchev–Trinajstić information content (AvgIpc) is 2.56. The minimum atomic E-state index is -0.867. The van der Waals surface area contributed by atoms with Crippen molar-refractivity contribution in [2.24, 2.45) is 0 Å². The van der Waals surface area contributed by atoms with Gasteiger partial charge in [0.25, 0.3) is 0 Å². The number of urea groups is 1. The van der Waals surface area contributed by atoms with Crippen LogP contribution < -0.4 is 10.6 Å². The van der Waals surface area contributed by atoms with Gasteiger partial charge in [0.2, 0.25) is 0 Å². The minimum absolute atomic E-state index is 0.00801. The highest BCUT2D eigenvalue weighted by atomic mass is 16.4. The van der Waals surface area contributed by atoms with E-state index in [9.17, 15) is 9.59 Å². The molecule has 0 radical (unpaired) electrons. The molecule has 2 amide bonds. The van der Waals surface area contributed by atoms with E-state index in [0.717, 1.165) is 19.3 Å². The number of nitrogens with one attached hydrogen (secondary N) is 2. The molecule has 1 fully saturated rings. The molecule has 5 heteroatoms. The smallest absolute Gasteiger partial charge is 0.315 e. The lowest BCUT2D eigenvalue weighted by Gasteiger charge is -2.20. The quantitative estimate of drug-likeness (QED) is 0.649. The third-order valence-corrected chi connectivity index (χ3v) is 3.58. The number of amides is 2. The number of carbonyl (C=O) groups is 2. The fourth-order valence-corrected chi connectivity index (χ4v) is 2.62. The number of carbonyl (C=O) groups excluding carboxylic acids is 1. The van der Waals surface area contributed by atoms with Crippen LogP contribution in [0.25, 0.3) is 0 Å². The number of rotatable bonds is 6. The molecule has 1 aliphatic carbocycles. The second-order valence-electron chi connectivity index (χ2n) is 5.39. The van der Waals surface area contributed by atoms with E-state index in [2.05, 4.69) is 10.6 Å². The number of carboxylic acid groups (broad SMARTS) is 1. The van der Waals surface area contributed by atoms with E-state index < -0.39 is 5.97 Å². The van der Waals surface area contributed by atoms with Crippen LogP contribution in [0.15, 0.2) is 0 Å². The fourth-order valence-electron chi connectivity index (χ4n) is 2.62. The summed E-state index contributed by atoms with van der Waals surface area (Å²) < 4.78 is 0. The van der Waals surface area contributed by atoms with Crippen molar-refractivity contribution in [3.05, 3.63) is 0 Å². The first-order valence-corrected chi connectivity index (χ1v) is 7.40. The van der Waals surface area contributed by atoms with Gasteiger partial charge in [-0.25, -0.2) is 4.79 Å². The van der Waals surface area contributed by atoms with Gasteiger partial charge in [0.15, 0.2) is 0 Å². The third-order valence-electron chi connectivity index (χ3n) is 3.58. The standard InChI is InChI=1S/C14H26N2O3/c1-2-7-12(10-13(17)18)16-14(19)15-11-8-5-3-4-6-9-11/h11-12H,2-10H2,1H3,(H,17,18)(H2,15,16,19). The molecular formula is C14H26N2O3. The van der Waals surface area contributed by atoms with Crippen LogP contribution in [0.3, 0.4) is 0 Å². The van der Waals surface area contributed by atoms with Crippen LogP contribution in [-0.4, -0.2) is 29.2 Å². The summed E-state index contributed by atoms with van der Waals surface area (Å²) in [5, 5.41) is 14.6. The predicted octanol–water partition coefficient (Wildman–Crippen LogP) is 2.65. The molecule has 0 saturated heterocycles. The van der Waals surface area contributed by atoms with Crippen LogP contribution in [-0.2, 0) is 4.79 Å². The van der Waals surface area contributed by atoms with E-state index in [0.29, 0.717) is 6.42 Å². The molecule has 0 aromatic carbocycles. The second kappa shape index (κ2) is 8.77. The Hall–Kier alpha value is -1.26. The normalized spacial score (nSPS) is 18.4. The summed E-state index contributed by atoms with van der Waals surface area (Å²) in [6.45, 7) is 1.99. The monoisotopic (exact) mass is 270 g/mol. The summed E-state index contributed by atoms with van der Waals surface area (Å²) in [5.74, 6) is -0.867. The van der Waals surface area contributed by atoms with Gasteiger partial charge in [0.05, 0.1) is 6.42 Å². The van der Waals surface area contributed by atoms with Gasteiger partial charge >= 0.3 is 12.0 Å². The van der Waals surface area contributed by atoms with Crippen molar-refractivity contribution in [2.75, 3.05) is 0 Å². The summed E-state index contributed by atoms with van der Waals surface area (Å²) in [7, 11) is 0. The van der Waals surface area contributed by atoms with Crippen LogP contribution in [0, 0.1) is 0 Å². The van der Waals surface area contributed by atoms with Gasteiger partial charge in [-0.1, -0.05) is 39.0 Å². The summed E-state index contributed by atoms with van der Waals surface area (Å²) >= 11 is 0. The molecule has 1 aliphatic rings. The lowest BCUT2D eigenvalue weighted by atomic mass is 10.1. The van der Waals surface area contributed by atoms with Crippen LogP contribution in [0.5, 0.6) is 0 Å². The highest BCUT2D eigenvalue weighted by Gasteiger charge is 2.18. The number of hydrogen-bond acceptors (Lipinski definition) is 2. The van der Waals surface area contributed by atoms with Gasteiger partial charge < -0.3 is 15.7 Å². The Morgan fingerprint density at radius 3 is 2.37 bits per heavy atom. The first kappa shape index (κ1) is 15.8. The zero-order chi connectivity index (χ0) is 14.1. The Balaban J connectivity index is 2.35. The van der Waals surface area contributed by atoms with Gasteiger partial charge in [-0.2, -0.15) is 0 Å². The molecule has 0 spiro atoms. The Morgan fingerprint density at radius 1 is 1.21 bits per heavy atom. The molecule has 110 valence electrons. The van der Waals surface area contributed by atoms with Gasteiger partial charge in [-0.3, -0.25) is 4.79 Å². The maximum atomic E-state index is 11.9. The van der Waals surface area contributed by atoms with E-state index >= 15 is 0 Å². The average molecular weight is 270 g/mol. The molecule has 3 N–H and O–H groups in total. The second-order valence-corrected chi connectivity index (χ2v) is 5.39. The van der Waals surface area contributed by atoms with Gasteiger partial charge in [0, 0.05) is 12.1 Å². The van der Waals surface area contributed by atoms with Crippen molar-refractivity contribution < 1.29 is 14.7 Å². The van der Waals surface area contributed by atoms with E-state index in [-0.39, 0.29) is 24.5 Å². The zero-order valence-electron chi connectivity index (χ0n) is 11.8. The van der Waals surface area contributed by atoms with E-state index in [1.807, 2.05) is 6.92 Å². The molecule has 0 aromatic rings. The maximum absolute atomic E-state index is 11.9. The van der Waals surface area contributed by atoms with Crippen LogP contribution in [0.4, 0.5) is 4.79 Å². The van der Waals surface area contributed by atoms with Gasteiger partial charge in [-0.05, 0) is 19.3 Å². The van der Waals surface area contributed by atoms with Crippen molar-refractivity contribution >= 4 is 12.0 Å². The van der Waals surface area contributed by atoms with Crippen molar-refractivity contribution in [1.29, 1.82) is 0 Å². The third kappa shape index (κ3) is 7.03. The van der Waals surface area contributed by atoms with E-state index in [1.165, 1.54) is 25.7 Å². The zero-order valence-corrected chi connectivity index (χ0v) is 11.8. The molecule has 0 aliphatic heterocycles. The molecule has 1 rings (SSSR count). The summed E-state index contributed by atoms with van der Waals surface area (Å²) in [6, 6.07) is -0.241. The Kier molecular flexibility index (Phi) is 7.30. The van der Waals surface area contributed by atoms with Crippen molar-refractivity contribution in [3.8, 4) is 0 Å². The van der Waals surface area contributed by atoms with Crippen LogP contribution in [0.1, 0.15) is 64.7 Å². The first-order chi connectivity index (χ1) is 9.11. The molecular weight excluding hydrogens is 244 g/mol. The molecule has 19 heavy (non-hydrogen) atoms. The SMILES string of the molecule is CCCC(CC(=O)O)NC(=O)NC1CCCCCC1. The Labute approximate surface area is 115 Å². The van der Waals surface area contributed by atoms with Gasteiger partial charge in [-0.15, -0.1) is 0 Å². The molecule has 1 saturated carbocycles. The van der Waals surface area contributed by atoms with E-state index in [4.69, 9.17) is 5.11 Å². The topological polar surface area (TPSA) is 78.4 Å². The molecule has 0 aromatic heterocycles. The van der Waals surface area contributed by atoms with Crippen LogP contribution in [0.2, 0.25) is 0 Å². The molecule has 1 atom stereocenters. The molecule has 5 nitrogen and oxygen atoms in total. The van der Waals surface area contributed by atoms with Gasteiger partial charge in [0.1, 0.15) is 0 Å². The first-order valence-electron chi connectivity index (χ1n) is 7.40. The number of hydrogen-bond donors (Lipinski definition) is 3. The molecule has 1 unspecified atom stereocenters. The highest BCUT2D eigenvalue weighted by Crippen LogP contribution is 2.17. The summed E-state index contributed by atoms with van der Waals surface area (Å²) in [6.07, 6.45) is 8.44. The molecule has 0 heterocycles. The Morgan fingerprint density at radius 2 is 1.84 bits per heavy atom. The largest absolute Gasteiger partial charge is 0.481 e. The van der Waals surface area contributed by atoms with Crippen molar-refractivity contribution in [3.63, 3.8) is 0 Å². The number of carboxylic acids is 1. The predicted molar refractivity (Wildman–Crippen MR) is 74.1 cm³/mol. The maximum Gasteiger partial charge on any atom is 0.315 e.